The zero-order valence-corrected chi connectivity index (χ0v) is 17.3. The Morgan fingerprint density at radius 2 is 1.97 bits per heavy atom. The van der Waals surface area contributed by atoms with Crippen LogP contribution >= 0.6 is 31.9 Å². The number of hydrogen-bond acceptors (Lipinski definition) is 5. The number of carbonyl (C=O) groups excluding carboxylic acids is 2. The number of aromatic hydroxyl groups is 1. The topological polar surface area (TPSA) is 112 Å². The van der Waals surface area contributed by atoms with Gasteiger partial charge in [0, 0.05) is 28.0 Å². The number of amides is 2. The van der Waals surface area contributed by atoms with Gasteiger partial charge in [-0.1, -0.05) is 15.9 Å². The van der Waals surface area contributed by atoms with E-state index >= 15 is 0 Å². The minimum Gasteiger partial charge on any atom is -0.506 e. The van der Waals surface area contributed by atoms with Crippen molar-refractivity contribution in [2.24, 2.45) is 5.92 Å². The van der Waals surface area contributed by atoms with Crippen molar-refractivity contribution in [2.45, 2.75) is 17.9 Å². The number of phenols is 1. The van der Waals surface area contributed by atoms with Crippen LogP contribution in [0.2, 0.25) is 0 Å². The average molecular weight is 539 g/mol. The van der Waals surface area contributed by atoms with Gasteiger partial charge in [-0.2, -0.15) is 13.2 Å². The number of halogens is 5. The number of rotatable bonds is 3. The molecule has 1 aliphatic rings. The first-order valence-corrected chi connectivity index (χ1v) is 9.54. The van der Waals surface area contributed by atoms with E-state index in [1.54, 1.807) is 0 Å². The molecule has 0 unspecified atom stereocenters. The fourth-order valence-electron chi connectivity index (χ4n) is 3.11. The van der Waals surface area contributed by atoms with E-state index in [0.29, 0.717) is 4.47 Å². The number of aromatic nitrogens is 1. The maximum Gasteiger partial charge on any atom is 0.437 e. The molecule has 0 bridgehead atoms. The van der Waals surface area contributed by atoms with E-state index in [9.17, 15) is 33.0 Å². The average Bonchev–Trinajstić information content (AvgIpc) is 2.63. The third kappa shape index (κ3) is 3.83. The molecule has 1 saturated heterocycles. The number of nitrogens with one attached hydrogen (secondary N) is 2. The van der Waals surface area contributed by atoms with E-state index in [1.165, 1.54) is 35.8 Å². The Balaban J connectivity index is 2.24. The second-order valence-corrected chi connectivity index (χ2v) is 8.02. The third-order valence-corrected chi connectivity index (χ3v) is 5.49. The molecular formula is C17H12Br2F3N3O4. The van der Waals surface area contributed by atoms with E-state index in [1.807, 2.05) is 0 Å². The largest absolute Gasteiger partial charge is 0.506 e. The number of phenolic OH excluding ortho intramolecular Hbond substituents is 1. The van der Waals surface area contributed by atoms with Gasteiger partial charge in [-0.05, 0) is 40.2 Å². The molecule has 1 aromatic heterocycles. The van der Waals surface area contributed by atoms with Gasteiger partial charge in [-0.3, -0.25) is 9.78 Å². The van der Waals surface area contributed by atoms with Crippen molar-refractivity contribution in [1.82, 2.24) is 15.6 Å². The molecule has 12 heteroatoms. The summed E-state index contributed by atoms with van der Waals surface area (Å²) in [5, 5.41) is 24.5. The van der Waals surface area contributed by atoms with E-state index in [4.69, 9.17) is 0 Å². The standard InChI is InChI=1S/C17H12Br2F3N3O4/c18-8-4-9(14(27)10(19)5-8)12-11(13(26)7-2-1-3-23-6-7)16(29,17(20,21)22)25-15(28)24-12/h1-6,11-12,27,29H,(H2,24,25,28)/t11-,12-,16-/m1/s1. The SMILES string of the molecule is O=C1N[C@H](c2cc(Br)cc(Br)c2O)[C@H](C(=O)c2cccnc2)[C@@](O)(C(F)(F)F)N1. The van der Waals surface area contributed by atoms with Crippen molar-refractivity contribution in [3.63, 3.8) is 0 Å². The molecule has 2 amide bonds. The molecule has 3 rings (SSSR count). The van der Waals surface area contributed by atoms with Gasteiger partial charge in [0.15, 0.2) is 5.78 Å². The van der Waals surface area contributed by atoms with Crippen molar-refractivity contribution >= 4 is 43.7 Å². The lowest BCUT2D eigenvalue weighted by molar-refractivity contribution is -0.287. The summed E-state index contributed by atoms with van der Waals surface area (Å²) in [6.07, 6.45) is -3.03. The summed E-state index contributed by atoms with van der Waals surface area (Å²) in [4.78, 5) is 28.7. The predicted molar refractivity (Wildman–Crippen MR) is 101 cm³/mol. The minimum absolute atomic E-state index is 0.109. The Bertz CT molecular complexity index is 974. The summed E-state index contributed by atoms with van der Waals surface area (Å²) in [5.74, 6) is -3.89. The lowest BCUT2D eigenvalue weighted by Gasteiger charge is -2.45. The second-order valence-electron chi connectivity index (χ2n) is 6.25. The highest BCUT2D eigenvalue weighted by molar-refractivity contribution is 9.11. The van der Waals surface area contributed by atoms with Crippen LogP contribution in [0.3, 0.4) is 0 Å². The Morgan fingerprint density at radius 1 is 1.28 bits per heavy atom. The zero-order valence-electron chi connectivity index (χ0n) is 14.2. The quantitative estimate of drug-likeness (QED) is 0.447. The van der Waals surface area contributed by atoms with E-state index in [-0.39, 0.29) is 15.6 Å². The van der Waals surface area contributed by atoms with Crippen LogP contribution in [0.1, 0.15) is 22.0 Å². The first kappa shape index (κ1) is 21.5. The van der Waals surface area contributed by atoms with E-state index < -0.39 is 41.4 Å². The van der Waals surface area contributed by atoms with Gasteiger partial charge in [0.05, 0.1) is 10.5 Å². The van der Waals surface area contributed by atoms with Crippen molar-refractivity contribution in [3.8, 4) is 5.75 Å². The molecule has 0 radical (unpaired) electrons. The van der Waals surface area contributed by atoms with Crippen LogP contribution in [0, 0.1) is 5.92 Å². The second kappa shape index (κ2) is 7.58. The zero-order chi connectivity index (χ0) is 21.6. The molecule has 4 N–H and O–H groups in total. The smallest absolute Gasteiger partial charge is 0.437 e. The molecule has 29 heavy (non-hydrogen) atoms. The van der Waals surface area contributed by atoms with E-state index in [2.05, 4.69) is 42.2 Å². The Labute approximate surface area is 178 Å². The fraction of sp³-hybridized carbons (Fsp3) is 0.235. The monoisotopic (exact) mass is 537 g/mol. The van der Waals surface area contributed by atoms with Crippen LogP contribution in [0.15, 0.2) is 45.6 Å². The predicted octanol–water partition coefficient (Wildman–Crippen LogP) is 3.42. The molecule has 7 nitrogen and oxygen atoms in total. The van der Waals surface area contributed by atoms with Gasteiger partial charge in [0.2, 0.25) is 5.72 Å². The number of nitrogens with zero attached hydrogens (tertiary/aromatic N) is 1. The molecule has 3 atom stereocenters. The maximum atomic E-state index is 13.8. The molecule has 154 valence electrons. The molecule has 1 fully saturated rings. The molecule has 1 aliphatic heterocycles. The maximum absolute atomic E-state index is 13.8. The van der Waals surface area contributed by atoms with Crippen LogP contribution in [-0.4, -0.2) is 38.9 Å². The van der Waals surface area contributed by atoms with Gasteiger partial charge < -0.3 is 20.8 Å². The van der Waals surface area contributed by atoms with Gasteiger partial charge >= 0.3 is 12.2 Å². The molecule has 0 spiro atoms. The number of pyridine rings is 1. The number of urea groups is 1. The highest BCUT2D eigenvalue weighted by atomic mass is 79.9. The molecule has 0 saturated carbocycles. The number of carbonyl (C=O) groups is 2. The van der Waals surface area contributed by atoms with Crippen LogP contribution in [0.4, 0.5) is 18.0 Å². The van der Waals surface area contributed by atoms with Gasteiger partial charge in [0.25, 0.3) is 0 Å². The summed E-state index contributed by atoms with van der Waals surface area (Å²) in [6, 6.07) is 2.18. The van der Waals surface area contributed by atoms with Crippen LogP contribution < -0.4 is 10.6 Å². The number of ketones is 1. The summed E-state index contributed by atoms with van der Waals surface area (Å²) < 4.78 is 42.0. The number of alkyl halides is 3. The van der Waals surface area contributed by atoms with Crippen LogP contribution in [0.25, 0.3) is 0 Å². The number of aliphatic hydroxyl groups is 1. The number of benzene rings is 1. The Morgan fingerprint density at radius 3 is 2.55 bits per heavy atom. The van der Waals surface area contributed by atoms with E-state index in [0.717, 1.165) is 6.20 Å². The molecular weight excluding hydrogens is 527 g/mol. The highest BCUT2D eigenvalue weighted by Crippen LogP contribution is 2.47. The van der Waals surface area contributed by atoms with Gasteiger partial charge in [-0.25, -0.2) is 4.79 Å². The summed E-state index contributed by atoms with van der Waals surface area (Å²) in [7, 11) is 0. The summed E-state index contributed by atoms with van der Waals surface area (Å²) >= 11 is 6.21. The minimum atomic E-state index is -5.40. The normalized spacial score (nSPS) is 24.6. The Kier molecular flexibility index (Phi) is 5.62. The van der Waals surface area contributed by atoms with Crippen molar-refractivity contribution in [2.75, 3.05) is 0 Å². The number of hydrogen-bond donors (Lipinski definition) is 4. The summed E-state index contributed by atoms with van der Waals surface area (Å²) in [5.41, 5.74) is -4.31. The fourth-order valence-corrected chi connectivity index (χ4v) is 4.37. The first-order valence-electron chi connectivity index (χ1n) is 7.95. The molecule has 1 aromatic carbocycles. The van der Waals surface area contributed by atoms with Crippen molar-refractivity contribution < 1.29 is 33.0 Å². The summed E-state index contributed by atoms with van der Waals surface area (Å²) in [6.45, 7) is 0. The Hall–Kier alpha value is -2.18. The third-order valence-electron chi connectivity index (χ3n) is 4.43. The lowest BCUT2D eigenvalue weighted by atomic mass is 9.77. The molecule has 2 aromatic rings. The van der Waals surface area contributed by atoms with Crippen molar-refractivity contribution in [1.29, 1.82) is 0 Å². The lowest BCUT2D eigenvalue weighted by Crippen LogP contribution is -2.72. The number of Topliss-reactive ketones (excluding diaryl/α,β-unsaturated/α-hetero) is 1. The van der Waals surface area contributed by atoms with Crippen molar-refractivity contribution in [3.05, 3.63) is 56.7 Å². The van der Waals surface area contributed by atoms with Crippen LogP contribution in [-0.2, 0) is 0 Å². The molecule has 0 aliphatic carbocycles. The first-order chi connectivity index (χ1) is 13.5. The van der Waals surface area contributed by atoms with Gasteiger partial charge in [-0.15, -0.1) is 0 Å². The molecule has 2 heterocycles. The van der Waals surface area contributed by atoms with Gasteiger partial charge in [0.1, 0.15) is 11.7 Å². The van der Waals surface area contributed by atoms with Crippen LogP contribution in [0.5, 0.6) is 5.75 Å². The highest BCUT2D eigenvalue weighted by Gasteiger charge is 2.66.